The monoisotopic (exact) mass is 309 g/mol. The molecule has 0 saturated carbocycles. The summed E-state index contributed by atoms with van der Waals surface area (Å²) in [7, 11) is 0. The van der Waals surface area contributed by atoms with Crippen molar-refractivity contribution >= 4 is 0 Å². The number of hydrogen-bond acceptors (Lipinski definition) is 4. The van der Waals surface area contributed by atoms with Gasteiger partial charge in [0.25, 0.3) is 0 Å². The fourth-order valence-corrected chi connectivity index (χ4v) is 1.30. The van der Waals surface area contributed by atoms with Crippen LogP contribution in [0.5, 0.6) is 6.01 Å². The lowest BCUT2D eigenvalue weighted by atomic mass is 10.1. The van der Waals surface area contributed by atoms with Crippen LogP contribution in [0.15, 0.2) is 6.20 Å². The lowest BCUT2D eigenvalue weighted by molar-refractivity contribution is -0.149. The average molecular weight is 309 g/mol. The van der Waals surface area contributed by atoms with Crippen LogP contribution in [0, 0.1) is 6.92 Å². The maximum Gasteiger partial charge on any atom is 0.340 e. The zero-order valence-electron chi connectivity index (χ0n) is 12.4. The Hall–Kier alpha value is -1.44. The molecule has 0 atom stereocenters. The predicted molar refractivity (Wildman–Crippen MR) is 69.8 cm³/mol. The Labute approximate surface area is 120 Å². The number of alkyl halides is 4. The van der Waals surface area contributed by atoms with E-state index in [0.29, 0.717) is 12.2 Å². The van der Waals surface area contributed by atoms with Gasteiger partial charge in [-0.2, -0.15) is 8.78 Å². The molecule has 1 aromatic heterocycles. The summed E-state index contributed by atoms with van der Waals surface area (Å²) in [6.07, 6.45) is -2.36. The molecule has 1 N–H and O–H groups in total. The second-order valence-corrected chi connectivity index (χ2v) is 5.72. The van der Waals surface area contributed by atoms with Gasteiger partial charge < -0.3 is 10.1 Å². The summed E-state index contributed by atoms with van der Waals surface area (Å²) in [6.45, 7) is 6.69. The van der Waals surface area contributed by atoms with E-state index in [-0.39, 0.29) is 11.5 Å². The third-order valence-corrected chi connectivity index (χ3v) is 2.58. The quantitative estimate of drug-likeness (QED) is 0.821. The Balaban J connectivity index is 2.66. The number of halogens is 4. The molecule has 120 valence electrons. The third kappa shape index (κ3) is 5.82. The average Bonchev–Trinajstić information content (AvgIpc) is 2.34. The standard InChI is InChI=1S/C13H19F4N3O/c1-8-9(6-19-12(2,3)4)5-18-11(20-8)21-7-13(16,17)10(14)15/h5,10,19H,6-7H2,1-4H3. The summed E-state index contributed by atoms with van der Waals surface area (Å²) in [5.41, 5.74) is 1.22. The van der Waals surface area contributed by atoms with E-state index < -0.39 is 19.0 Å². The van der Waals surface area contributed by atoms with Gasteiger partial charge in [-0.1, -0.05) is 0 Å². The molecule has 0 radical (unpaired) electrons. The van der Waals surface area contributed by atoms with Crippen LogP contribution < -0.4 is 10.1 Å². The minimum atomic E-state index is -4.22. The van der Waals surface area contributed by atoms with Crippen LogP contribution in [0.25, 0.3) is 0 Å². The van der Waals surface area contributed by atoms with E-state index in [1.54, 1.807) is 6.92 Å². The van der Waals surface area contributed by atoms with Gasteiger partial charge in [-0.25, -0.2) is 18.7 Å². The zero-order chi connectivity index (χ0) is 16.3. The molecule has 0 saturated heterocycles. The lowest BCUT2D eigenvalue weighted by Crippen LogP contribution is -2.35. The second-order valence-electron chi connectivity index (χ2n) is 5.72. The van der Waals surface area contributed by atoms with Crippen molar-refractivity contribution in [2.24, 2.45) is 0 Å². The molecule has 8 heteroatoms. The van der Waals surface area contributed by atoms with Gasteiger partial charge in [0.2, 0.25) is 0 Å². The molecule has 0 fully saturated rings. The topological polar surface area (TPSA) is 47.0 Å². The molecule has 0 amide bonds. The van der Waals surface area contributed by atoms with E-state index in [1.807, 2.05) is 20.8 Å². The molecule has 21 heavy (non-hydrogen) atoms. The van der Waals surface area contributed by atoms with Gasteiger partial charge in [0.05, 0.1) is 0 Å². The maximum absolute atomic E-state index is 12.7. The van der Waals surface area contributed by atoms with Crippen LogP contribution in [0.1, 0.15) is 32.0 Å². The number of aromatic nitrogens is 2. The van der Waals surface area contributed by atoms with Crippen molar-refractivity contribution in [3.05, 3.63) is 17.5 Å². The maximum atomic E-state index is 12.7. The van der Waals surface area contributed by atoms with Crippen LogP contribution >= 0.6 is 0 Å². The molecule has 0 spiro atoms. The van der Waals surface area contributed by atoms with E-state index in [9.17, 15) is 17.6 Å². The van der Waals surface area contributed by atoms with Crippen molar-refractivity contribution in [1.29, 1.82) is 0 Å². The SMILES string of the molecule is Cc1nc(OCC(F)(F)C(F)F)ncc1CNC(C)(C)C. The highest BCUT2D eigenvalue weighted by atomic mass is 19.3. The highest BCUT2D eigenvalue weighted by molar-refractivity contribution is 5.18. The van der Waals surface area contributed by atoms with Crippen LogP contribution in [0.2, 0.25) is 0 Å². The molecule has 0 bridgehead atoms. The minimum absolute atomic E-state index is 0.0963. The largest absolute Gasteiger partial charge is 0.457 e. The van der Waals surface area contributed by atoms with Gasteiger partial charge >= 0.3 is 18.4 Å². The number of nitrogens with zero attached hydrogens (tertiary/aromatic N) is 2. The Kier molecular flexibility index (Phi) is 5.49. The molecule has 0 aliphatic rings. The van der Waals surface area contributed by atoms with Gasteiger partial charge in [-0.3, -0.25) is 0 Å². The molecule has 1 aromatic rings. The van der Waals surface area contributed by atoms with E-state index >= 15 is 0 Å². The summed E-state index contributed by atoms with van der Waals surface area (Å²) in [6, 6.07) is -0.340. The molecule has 4 nitrogen and oxygen atoms in total. The summed E-state index contributed by atoms with van der Waals surface area (Å²) in [4.78, 5) is 7.64. The Bertz CT molecular complexity index is 475. The summed E-state index contributed by atoms with van der Waals surface area (Å²) >= 11 is 0. The van der Waals surface area contributed by atoms with Gasteiger partial charge in [-0.15, -0.1) is 0 Å². The summed E-state index contributed by atoms with van der Waals surface area (Å²) in [5.74, 6) is -4.22. The van der Waals surface area contributed by atoms with E-state index in [0.717, 1.165) is 5.56 Å². The number of hydrogen-bond donors (Lipinski definition) is 1. The molecular formula is C13H19F4N3O. The lowest BCUT2D eigenvalue weighted by Gasteiger charge is -2.21. The van der Waals surface area contributed by atoms with Gasteiger partial charge in [0.15, 0.2) is 6.61 Å². The van der Waals surface area contributed by atoms with Crippen LogP contribution in [0.4, 0.5) is 17.6 Å². The van der Waals surface area contributed by atoms with E-state index in [1.165, 1.54) is 6.20 Å². The molecule has 0 aliphatic carbocycles. The van der Waals surface area contributed by atoms with Crippen molar-refractivity contribution in [1.82, 2.24) is 15.3 Å². The molecule has 1 heterocycles. The number of ether oxygens (including phenoxy) is 1. The van der Waals surface area contributed by atoms with Gasteiger partial charge in [0, 0.05) is 29.5 Å². The molecule has 0 aliphatic heterocycles. The van der Waals surface area contributed by atoms with Crippen LogP contribution in [-0.2, 0) is 6.54 Å². The van der Waals surface area contributed by atoms with E-state index in [4.69, 9.17) is 0 Å². The first kappa shape index (κ1) is 17.6. The van der Waals surface area contributed by atoms with Crippen molar-refractivity contribution in [3.63, 3.8) is 0 Å². The van der Waals surface area contributed by atoms with Crippen molar-refractivity contribution in [3.8, 4) is 6.01 Å². The van der Waals surface area contributed by atoms with Crippen molar-refractivity contribution < 1.29 is 22.3 Å². The van der Waals surface area contributed by atoms with Crippen LogP contribution in [-0.4, -0.2) is 34.5 Å². The smallest absolute Gasteiger partial charge is 0.340 e. The Morgan fingerprint density at radius 3 is 2.38 bits per heavy atom. The highest BCUT2D eigenvalue weighted by Crippen LogP contribution is 2.23. The minimum Gasteiger partial charge on any atom is -0.457 e. The van der Waals surface area contributed by atoms with Crippen molar-refractivity contribution in [2.75, 3.05) is 6.61 Å². The molecule has 1 rings (SSSR count). The fraction of sp³-hybridized carbons (Fsp3) is 0.692. The Morgan fingerprint density at radius 2 is 1.90 bits per heavy atom. The summed E-state index contributed by atoms with van der Waals surface area (Å²) in [5, 5.41) is 3.23. The third-order valence-electron chi connectivity index (χ3n) is 2.58. The number of rotatable bonds is 6. The first-order valence-corrected chi connectivity index (χ1v) is 6.37. The molecule has 0 aromatic carbocycles. The predicted octanol–water partition coefficient (Wildman–Crippen LogP) is 2.95. The molecule has 0 unspecified atom stereocenters. The van der Waals surface area contributed by atoms with Gasteiger partial charge in [-0.05, 0) is 27.7 Å². The number of nitrogens with one attached hydrogen (secondary N) is 1. The fourth-order valence-electron chi connectivity index (χ4n) is 1.30. The zero-order valence-corrected chi connectivity index (χ0v) is 12.4. The summed E-state index contributed by atoms with van der Waals surface area (Å²) < 4.78 is 54.0. The van der Waals surface area contributed by atoms with E-state index in [2.05, 4.69) is 20.0 Å². The van der Waals surface area contributed by atoms with Gasteiger partial charge in [0.1, 0.15) is 0 Å². The first-order valence-electron chi connectivity index (χ1n) is 6.37. The number of aryl methyl sites for hydroxylation is 1. The van der Waals surface area contributed by atoms with Crippen molar-refractivity contribution in [2.45, 2.75) is 52.1 Å². The first-order chi connectivity index (χ1) is 9.51. The second kappa shape index (κ2) is 6.55. The highest BCUT2D eigenvalue weighted by Gasteiger charge is 2.42. The normalized spacial score (nSPS) is 12.8. The molecular weight excluding hydrogens is 290 g/mol. The Morgan fingerprint density at radius 1 is 1.29 bits per heavy atom. The van der Waals surface area contributed by atoms with Crippen LogP contribution in [0.3, 0.4) is 0 Å².